The highest BCUT2D eigenvalue weighted by Crippen LogP contribution is 2.28. The number of benzene rings is 1. The lowest BCUT2D eigenvalue weighted by Gasteiger charge is -2.01. The Bertz CT molecular complexity index is 558. The summed E-state index contributed by atoms with van der Waals surface area (Å²) >= 11 is 6.07. The minimum absolute atomic E-state index is 0.0799. The molecule has 3 rings (SSSR count). The first kappa shape index (κ1) is 11.6. The number of aliphatic hydroxyl groups excluding tert-OH is 1. The lowest BCUT2D eigenvalue weighted by atomic mass is 10.2. The molecule has 0 aliphatic carbocycles. The maximum absolute atomic E-state index is 9.46. The first-order chi connectivity index (χ1) is 8.74. The van der Waals surface area contributed by atoms with Crippen LogP contribution in [0.3, 0.4) is 0 Å². The van der Waals surface area contributed by atoms with Crippen molar-refractivity contribution in [3.63, 3.8) is 0 Å². The predicted molar refractivity (Wildman–Crippen MR) is 66.1 cm³/mol. The average molecular weight is 266 g/mol. The molecule has 0 bridgehead atoms. The molecule has 1 aromatic carbocycles. The molecule has 0 saturated carbocycles. The van der Waals surface area contributed by atoms with Crippen LogP contribution in [-0.4, -0.2) is 27.9 Å². The minimum Gasteiger partial charge on any atom is -0.392 e. The Morgan fingerprint density at radius 3 is 2.94 bits per heavy atom. The molecule has 2 heterocycles. The minimum atomic E-state index is -0.356. The second kappa shape index (κ2) is 4.68. The van der Waals surface area contributed by atoms with Crippen LogP contribution < -0.4 is 5.32 Å². The number of hydrogen-bond donors (Lipinski definition) is 2. The molecule has 1 saturated heterocycles. The highest BCUT2D eigenvalue weighted by atomic mass is 35.5. The highest BCUT2D eigenvalue weighted by Gasteiger charge is 2.28. The number of halogens is 1. The summed E-state index contributed by atoms with van der Waals surface area (Å²) in [5.74, 6) is 0.959. The van der Waals surface area contributed by atoms with Gasteiger partial charge in [0.15, 0.2) is 0 Å². The first-order valence-corrected chi connectivity index (χ1v) is 6.12. The fraction of sp³-hybridized carbons (Fsp3) is 0.333. The summed E-state index contributed by atoms with van der Waals surface area (Å²) in [4.78, 5) is 4.32. The maximum Gasteiger partial charge on any atom is 0.244 e. The SMILES string of the molecule is O[C@H]1CN[C@@H](c2nc(-c3ccccc3Cl)no2)C1. The Labute approximate surface area is 109 Å². The Morgan fingerprint density at radius 1 is 1.39 bits per heavy atom. The Balaban J connectivity index is 1.88. The van der Waals surface area contributed by atoms with Gasteiger partial charge in [-0.15, -0.1) is 0 Å². The standard InChI is InChI=1S/C12H12ClN3O2/c13-9-4-2-1-3-8(9)11-15-12(18-16-11)10-5-7(17)6-14-10/h1-4,7,10,14,17H,5-6H2/t7-,10-/m1/s1. The van der Waals surface area contributed by atoms with Crippen molar-refractivity contribution in [3.05, 3.63) is 35.2 Å². The number of aliphatic hydroxyl groups is 1. The van der Waals surface area contributed by atoms with E-state index in [0.717, 1.165) is 5.56 Å². The molecule has 1 aliphatic rings. The van der Waals surface area contributed by atoms with Crippen molar-refractivity contribution < 1.29 is 9.63 Å². The number of nitrogens with one attached hydrogen (secondary N) is 1. The zero-order valence-corrected chi connectivity index (χ0v) is 10.3. The van der Waals surface area contributed by atoms with Crippen LogP contribution in [0.1, 0.15) is 18.4 Å². The van der Waals surface area contributed by atoms with E-state index in [4.69, 9.17) is 16.1 Å². The summed E-state index contributed by atoms with van der Waals surface area (Å²) in [6, 6.07) is 7.26. The molecule has 2 atom stereocenters. The van der Waals surface area contributed by atoms with E-state index in [9.17, 15) is 5.11 Å². The highest BCUT2D eigenvalue weighted by molar-refractivity contribution is 6.33. The molecule has 0 unspecified atom stereocenters. The van der Waals surface area contributed by atoms with Crippen LogP contribution in [0.2, 0.25) is 5.02 Å². The van der Waals surface area contributed by atoms with Gasteiger partial charge in [-0.25, -0.2) is 0 Å². The predicted octanol–water partition coefficient (Wildman–Crippen LogP) is 1.79. The molecule has 0 spiro atoms. The van der Waals surface area contributed by atoms with Gasteiger partial charge >= 0.3 is 0 Å². The number of aromatic nitrogens is 2. The molecule has 6 heteroatoms. The number of β-amino-alcohol motifs (C(OH)–C–C–N with tert-alkyl or cyclic N) is 1. The third-order valence-electron chi connectivity index (χ3n) is 2.96. The molecule has 1 aliphatic heterocycles. The number of nitrogens with zero attached hydrogens (tertiary/aromatic N) is 2. The number of rotatable bonds is 2. The molecular formula is C12H12ClN3O2. The van der Waals surface area contributed by atoms with Crippen LogP contribution in [0.15, 0.2) is 28.8 Å². The van der Waals surface area contributed by atoms with Crippen molar-refractivity contribution in [1.29, 1.82) is 0 Å². The van der Waals surface area contributed by atoms with Gasteiger partial charge in [0.2, 0.25) is 11.7 Å². The normalized spacial score (nSPS) is 23.4. The van der Waals surface area contributed by atoms with Gasteiger partial charge in [0, 0.05) is 12.1 Å². The van der Waals surface area contributed by atoms with Crippen molar-refractivity contribution >= 4 is 11.6 Å². The molecule has 2 aromatic rings. The second-order valence-corrected chi connectivity index (χ2v) is 4.69. The summed E-state index contributed by atoms with van der Waals surface area (Å²) in [6.45, 7) is 0.550. The molecule has 0 radical (unpaired) electrons. The fourth-order valence-corrected chi connectivity index (χ4v) is 2.25. The van der Waals surface area contributed by atoms with Gasteiger partial charge in [-0.3, -0.25) is 0 Å². The van der Waals surface area contributed by atoms with Crippen LogP contribution >= 0.6 is 11.6 Å². The summed E-state index contributed by atoms with van der Waals surface area (Å²) in [5.41, 5.74) is 0.743. The third-order valence-corrected chi connectivity index (χ3v) is 3.29. The van der Waals surface area contributed by atoms with Gasteiger partial charge in [-0.2, -0.15) is 4.98 Å². The van der Waals surface area contributed by atoms with Crippen LogP contribution in [0.5, 0.6) is 0 Å². The molecular weight excluding hydrogens is 254 g/mol. The summed E-state index contributed by atoms with van der Waals surface area (Å²) < 4.78 is 5.21. The smallest absolute Gasteiger partial charge is 0.244 e. The monoisotopic (exact) mass is 265 g/mol. The van der Waals surface area contributed by atoms with E-state index in [0.29, 0.717) is 29.7 Å². The molecule has 2 N–H and O–H groups in total. The molecule has 5 nitrogen and oxygen atoms in total. The van der Waals surface area contributed by atoms with Gasteiger partial charge in [-0.05, 0) is 18.6 Å². The van der Waals surface area contributed by atoms with Crippen LogP contribution in [0, 0.1) is 0 Å². The third kappa shape index (κ3) is 2.12. The van der Waals surface area contributed by atoms with Crippen molar-refractivity contribution in [1.82, 2.24) is 15.5 Å². The first-order valence-electron chi connectivity index (χ1n) is 5.74. The zero-order valence-electron chi connectivity index (χ0n) is 9.51. The average Bonchev–Trinajstić information content (AvgIpc) is 2.98. The van der Waals surface area contributed by atoms with Crippen LogP contribution in [0.4, 0.5) is 0 Å². The van der Waals surface area contributed by atoms with Gasteiger partial charge in [-0.1, -0.05) is 28.9 Å². The van der Waals surface area contributed by atoms with E-state index in [1.165, 1.54) is 0 Å². The van der Waals surface area contributed by atoms with Crippen molar-refractivity contribution in [2.75, 3.05) is 6.54 Å². The summed E-state index contributed by atoms with van der Waals surface area (Å²) in [7, 11) is 0. The van der Waals surface area contributed by atoms with Crippen LogP contribution in [0.25, 0.3) is 11.4 Å². The van der Waals surface area contributed by atoms with Crippen molar-refractivity contribution in [3.8, 4) is 11.4 Å². The Hall–Kier alpha value is -1.43. The van der Waals surface area contributed by atoms with E-state index >= 15 is 0 Å². The topological polar surface area (TPSA) is 71.2 Å². The van der Waals surface area contributed by atoms with E-state index in [-0.39, 0.29) is 12.1 Å². The lowest BCUT2D eigenvalue weighted by Crippen LogP contribution is -2.15. The molecule has 18 heavy (non-hydrogen) atoms. The molecule has 1 aromatic heterocycles. The van der Waals surface area contributed by atoms with E-state index < -0.39 is 0 Å². The molecule has 0 amide bonds. The second-order valence-electron chi connectivity index (χ2n) is 4.29. The van der Waals surface area contributed by atoms with Gasteiger partial charge in [0.1, 0.15) is 0 Å². The largest absolute Gasteiger partial charge is 0.392 e. The Kier molecular flexibility index (Phi) is 3.03. The van der Waals surface area contributed by atoms with Gasteiger partial charge < -0.3 is 14.9 Å². The van der Waals surface area contributed by atoms with Gasteiger partial charge in [0.05, 0.1) is 17.2 Å². The molecule has 1 fully saturated rings. The summed E-state index contributed by atoms with van der Waals surface area (Å²) in [5, 5.41) is 17.1. The Morgan fingerprint density at radius 2 is 2.22 bits per heavy atom. The quantitative estimate of drug-likeness (QED) is 0.866. The number of hydrogen-bond acceptors (Lipinski definition) is 5. The summed E-state index contributed by atoms with van der Waals surface area (Å²) in [6.07, 6.45) is 0.232. The molecule has 94 valence electrons. The lowest BCUT2D eigenvalue weighted by molar-refractivity contribution is 0.191. The maximum atomic E-state index is 9.46. The van der Waals surface area contributed by atoms with Crippen molar-refractivity contribution in [2.24, 2.45) is 0 Å². The van der Waals surface area contributed by atoms with E-state index in [1.807, 2.05) is 18.2 Å². The van der Waals surface area contributed by atoms with Gasteiger partial charge in [0.25, 0.3) is 0 Å². The fourth-order valence-electron chi connectivity index (χ4n) is 2.03. The van der Waals surface area contributed by atoms with E-state index in [1.54, 1.807) is 6.07 Å². The van der Waals surface area contributed by atoms with Crippen molar-refractivity contribution in [2.45, 2.75) is 18.6 Å². The van der Waals surface area contributed by atoms with Crippen LogP contribution in [-0.2, 0) is 0 Å². The van der Waals surface area contributed by atoms with E-state index in [2.05, 4.69) is 15.5 Å². The zero-order chi connectivity index (χ0) is 12.5.